The molecule has 0 saturated carbocycles. The number of nitrogens with zero attached hydrogens (tertiary/aromatic N) is 3. The molecule has 7 heteroatoms. The lowest BCUT2D eigenvalue weighted by molar-refractivity contribution is 0.121. The molecule has 1 N–H and O–H groups in total. The molecule has 128 valence electrons. The van der Waals surface area contributed by atoms with E-state index in [0.717, 1.165) is 15.6 Å². The van der Waals surface area contributed by atoms with E-state index in [2.05, 4.69) is 31.6 Å². The van der Waals surface area contributed by atoms with Gasteiger partial charge >= 0.3 is 6.09 Å². The van der Waals surface area contributed by atoms with Crippen LogP contribution in [0.3, 0.4) is 0 Å². The second-order valence-electron chi connectivity index (χ2n) is 5.50. The summed E-state index contributed by atoms with van der Waals surface area (Å²) in [5.41, 5.74) is 2.36. The summed E-state index contributed by atoms with van der Waals surface area (Å²) >= 11 is 3.40. The Balaban J connectivity index is 1.75. The fourth-order valence-electron chi connectivity index (χ4n) is 2.38. The van der Waals surface area contributed by atoms with Crippen molar-refractivity contribution in [1.82, 2.24) is 15.0 Å². The first-order chi connectivity index (χ1) is 12.0. The Kier molecular flexibility index (Phi) is 5.14. The van der Waals surface area contributed by atoms with Crippen LogP contribution in [0.2, 0.25) is 0 Å². The molecule has 0 fully saturated rings. The monoisotopic (exact) mass is 400 g/mol. The molecular formula is C18H17BrN4O2. The fourth-order valence-corrected chi connectivity index (χ4v) is 2.64. The highest BCUT2D eigenvalue weighted by molar-refractivity contribution is 9.10. The Morgan fingerprint density at radius 3 is 2.52 bits per heavy atom. The molecule has 3 rings (SSSR count). The second-order valence-corrected chi connectivity index (χ2v) is 6.42. The van der Waals surface area contributed by atoms with Gasteiger partial charge < -0.3 is 4.74 Å². The van der Waals surface area contributed by atoms with Crippen molar-refractivity contribution in [2.24, 2.45) is 7.05 Å². The highest BCUT2D eigenvalue weighted by Crippen LogP contribution is 2.27. The maximum absolute atomic E-state index is 12.3. The zero-order chi connectivity index (χ0) is 17.8. The summed E-state index contributed by atoms with van der Waals surface area (Å²) in [5, 5.41) is 10.9. The van der Waals surface area contributed by atoms with E-state index in [9.17, 15) is 4.79 Å². The van der Waals surface area contributed by atoms with Crippen LogP contribution in [0, 0.1) is 0 Å². The van der Waals surface area contributed by atoms with Gasteiger partial charge in [-0.2, -0.15) is 0 Å². The topological polar surface area (TPSA) is 69.0 Å². The van der Waals surface area contributed by atoms with Crippen molar-refractivity contribution in [3.63, 3.8) is 0 Å². The van der Waals surface area contributed by atoms with Crippen LogP contribution in [-0.4, -0.2) is 21.1 Å². The first kappa shape index (κ1) is 17.2. The number of amides is 1. The lowest BCUT2D eigenvalue weighted by Crippen LogP contribution is -2.18. The Labute approximate surface area is 153 Å². The number of rotatable bonds is 4. The Bertz CT molecular complexity index is 863. The molecule has 3 aromatic rings. The number of aryl methyl sites for hydroxylation is 1. The van der Waals surface area contributed by atoms with Gasteiger partial charge in [0.1, 0.15) is 11.8 Å². The molecule has 6 nitrogen and oxygen atoms in total. The minimum atomic E-state index is -0.555. The predicted molar refractivity (Wildman–Crippen MR) is 99.1 cm³/mol. The largest absolute Gasteiger partial charge is 0.441 e. The van der Waals surface area contributed by atoms with Crippen molar-refractivity contribution in [3.8, 4) is 11.3 Å². The van der Waals surface area contributed by atoms with Crippen molar-refractivity contribution >= 4 is 27.8 Å². The average Bonchev–Trinajstić information content (AvgIpc) is 2.97. The van der Waals surface area contributed by atoms with Gasteiger partial charge in [-0.3, -0.25) is 5.32 Å². The normalized spacial score (nSPS) is 11.8. The molecular weight excluding hydrogens is 384 g/mol. The number of ether oxygens (including phenoxy) is 1. The Hall–Kier alpha value is -2.67. The summed E-state index contributed by atoms with van der Waals surface area (Å²) in [7, 11) is 1.71. The van der Waals surface area contributed by atoms with E-state index in [1.54, 1.807) is 7.05 Å². The molecule has 0 radical (unpaired) electrons. The predicted octanol–water partition coefficient (Wildman–Crippen LogP) is 4.55. The molecule has 25 heavy (non-hydrogen) atoms. The number of hydrogen-bond acceptors (Lipinski definition) is 4. The molecule has 0 aliphatic rings. The molecule has 0 aliphatic carbocycles. The standard InChI is InChI=1S/C18H17BrN4O2/c1-12(13-6-4-3-5-7-13)25-18(24)20-17-16(21-22-23(17)2)14-8-10-15(19)11-9-14/h3-12H,1-2H3,(H,20,24)/t12-/m1/s1. The van der Waals surface area contributed by atoms with Gasteiger partial charge in [-0.1, -0.05) is 63.6 Å². The van der Waals surface area contributed by atoms with Crippen LogP contribution in [0.5, 0.6) is 0 Å². The molecule has 1 atom stereocenters. The summed E-state index contributed by atoms with van der Waals surface area (Å²) in [5.74, 6) is 0.479. The first-order valence-electron chi connectivity index (χ1n) is 7.73. The zero-order valence-corrected chi connectivity index (χ0v) is 15.4. The number of aromatic nitrogens is 3. The second kappa shape index (κ2) is 7.48. The van der Waals surface area contributed by atoms with Crippen LogP contribution in [0.1, 0.15) is 18.6 Å². The molecule has 1 heterocycles. The number of hydrogen-bond donors (Lipinski definition) is 1. The van der Waals surface area contributed by atoms with Gasteiger partial charge in [-0.25, -0.2) is 9.48 Å². The molecule has 0 unspecified atom stereocenters. The molecule has 1 amide bonds. The van der Waals surface area contributed by atoms with E-state index in [0.29, 0.717) is 11.5 Å². The smallest absolute Gasteiger partial charge is 0.413 e. The number of benzene rings is 2. The van der Waals surface area contributed by atoms with Crippen molar-refractivity contribution in [1.29, 1.82) is 0 Å². The lowest BCUT2D eigenvalue weighted by Gasteiger charge is -2.14. The van der Waals surface area contributed by atoms with Crippen LogP contribution in [-0.2, 0) is 11.8 Å². The maximum Gasteiger partial charge on any atom is 0.413 e. The summed E-state index contributed by atoms with van der Waals surface area (Å²) in [6.07, 6.45) is -0.918. The number of anilines is 1. The number of carbonyl (C=O) groups excluding carboxylic acids is 1. The van der Waals surface area contributed by atoms with E-state index in [4.69, 9.17) is 4.74 Å². The van der Waals surface area contributed by atoms with Crippen LogP contribution >= 0.6 is 15.9 Å². The number of halogens is 1. The van der Waals surface area contributed by atoms with Gasteiger partial charge in [0.25, 0.3) is 0 Å². The van der Waals surface area contributed by atoms with E-state index < -0.39 is 6.09 Å². The van der Waals surface area contributed by atoms with Crippen LogP contribution in [0.4, 0.5) is 10.6 Å². The molecule has 2 aromatic carbocycles. The van der Waals surface area contributed by atoms with Gasteiger partial charge in [-0.15, -0.1) is 5.10 Å². The summed E-state index contributed by atoms with van der Waals surface area (Å²) < 4.78 is 7.92. The van der Waals surface area contributed by atoms with Crippen molar-refractivity contribution < 1.29 is 9.53 Å². The molecule has 0 aliphatic heterocycles. The van der Waals surface area contributed by atoms with Gasteiger partial charge in [0.2, 0.25) is 0 Å². The average molecular weight is 401 g/mol. The minimum absolute atomic E-state index is 0.362. The van der Waals surface area contributed by atoms with E-state index in [-0.39, 0.29) is 6.10 Å². The van der Waals surface area contributed by atoms with E-state index >= 15 is 0 Å². The first-order valence-corrected chi connectivity index (χ1v) is 8.52. The third-order valence-electron chi connectivity index (χ3n) is 3.72. The SMILES string of the molecule is C[C@@H](OC(=O)Nc1c(-c2ccc(Br)cc2)nnn1C)c1ccccc1. The van der Waals surface area contributed by atoms with Crippen molar-refractivity contribution in [3.05, 3.63) is 64.6 Å². The van der Waals surface area contributed by atoms with Gasteiger partial charge in [0, 0.05) is 17.1 Å². The Morgan fingerprint density at radius 2 is 1.84 bits per heavy atom. The van der Waals surface area contributed by atoms with E-state index in [1.165, 1.54) is 4.68 Å². The Morgan fingerprint density at radius 1 is 1.16 bits per heavy atom. The summed E-state index contributed by atoms with van der Waals surface area (Å²) in [6, 6.07) is 17.2. The zero-order valence-electron chi connectivity index (χ0n) is 13.8. The summed E-state index contributed by atoms with van der Waals surface area (Å²) in [4.78, 5) is 12.3. The third kappa shape index (κ3) is 4.06. The molecule has 0 bridgehead atoms. The highest BCUT2D eigenvalue weighted by atomic mass is 79.9. The molecule has 1 aromatic heterocycles. The van der Waals surface area contributed by atoms with Crippen molar-refractivity contribution in [2.75, 3.05) is 5.32 Å². The van der Waals surface area contributed by atoms with Gasteiger partial charge in [-0.05, 0) is 24.6 Å². The van der Waals surface area contributed by atoms with Gasteiger partial charge in [0.05, 0.1) is 0 Å². The number of nitrogens with one attached hydrogen (secondary N) is 1. The van der Waals surface area contributed by atoms with Gasteiger partial charge in [0.15, 0.2) is 5.82 Å². The third-order valence-corrected chi connectivity index (χ3v) is 4.25. The number of carbonyl (C=O) groups is 1. The quantitative estimate of drug-likeness (QED) is 0.696. The molecule has 0 spiro atoms. The van der Waals surface area contributed by atoms with E-state index in [1.807, 2.05) is 61.5 Å². The fraction of sp³-hybridized carbons (Fsp3) is 0.167. The van der Waals surface area contributed by atoms with Crippen LogP contribution in [0.15, 0.2) is 59.1 Å². The summed E-state index contributed by atoms with van der Waals surface area (Å²) in [6.45, 7) is 1.83. The van der Waals surface area contributed by atoms with Crippen LogP contribution in [0.25, 0.3) is 11.3 Å². The molecule has 0 saturated heterocycles. The minimum Gasteiger partial charge on any atom is -0.441 e. The van der Waals surface area contributed by atoms with Crippen LogP contribution < -0.4 is 5.32 Å². The maximum atomic E-state index is 12.3. The highest BCUT2D eigenvalue weighted by Gasteiger charge is 2.18. The van der Waals surface area contributed by atoms with Crippen molar-refractivity contribution in [2.45, 2.75) is 13.0 Å². The lowest BCUT2D eigenvalue weighted by atomic mass is 10.1.